The van der Waals surface area contributed by atoms with Gasteiger partial charge in [-0.05, 0) is 29.5 Å². The average Bonchev–Trinajstić information content (AvgIpc) is 2.80. The molecule has 0 radical (unpaired) electrons. The Hall–Kier alpha value is -4.16. The lowest BCUT2D eigenvalue weighted by atomic mass is 9.84. The summed E-state index contributed by atoms with van der Waals surface area (Å²) in [5, 5.41) is 18.1. The van der Waals surface area contributed by atoms with Gasteiger partial charge in [0.25, 0.3) is 23.1 Å². The van der Waals surface area contributed by atoms with E-state index in [9.17, 15) is 24.5 Å². The third kappa shape index (κ3) is 8.17. The van der Waals surface area contributed by atoms with E-state index in [1.54, 1.807) is 0 Å². The first-order chi connectivity index (χ1) is 18.0. The summed E-state index contributed by atoms with van der Waals surface area (Å²) in [5.41, 5.74) is 4.01. The summed E-state index contributed by atoms with van der Waals surface area (Å²) in [6.45, 7) is 8.07. The number of quaternary nitrogens is 1. The van der Waals surface area contributed by atoms with Crippen LogP contribution in [0.15, 0.2) is 46.3 Å². The van der Waals surface area contributed by atoms with Gasteiger partial charge in [-0.25, -0.2) is 10.4 Å². The number of halogens is 1. The Morgan fingerprint density at radius 3 is 2.42 bits per heavy atom. The van der Waals surface area contributed by atoms with Crippen LogP contribution in [0.3, 0.4) is 0 Å². The molecule has 0 aliphatic heterocycles. The van der Waals surface area contributed by atoms with Crippen LogP contribution in [0, 0.1) is 17.0 Å². The number of carbonyl (C=O) groups excluding carboxylic acids is 2. The lowest BCUT2D eigenvalue weighted by Gasteiger charge is -2.24. The zero-order chi connectivity index (χ0) is 29.1. The number of non-ortho nitro benzene ring substituents is 1. The van der Waals surface area contributed by atoms with Crippen molar-refractivity contribution in [1.29, 1.82) is 0 Å². The molecule has 3 N–H and O–H groups in total. The van der Waals surface area contributed by atoms with Gasteiger partial charge in [0, 0.05) is 24.2 Å². The van der Waals surface area contributed by atoms with Crippen LogP contribution in [0.5, 0.6) is 0 Å². The van der Waals surface area contributed by atoms with Crippen molar-refractivity contribution >= 4 is 39.9 Å². The van der Waals surface area contributed by atoms with Crippen LogP contribution in [0.25, 0.3) is 11.0 Å². The number of benzene rings is 2. The fourth-order valence-electron chi connectivity index (χ4n) is 3.92. The van der Waals surface area contributed by atoms with Gasteiger partial charge >= 0.3 is 0 Å². The number of H-pyrrole nitrogens is 1. The van der Waals surface area contributed by atoms with Crippen LogP contribution >= 0.6 is 0 Å². The van der Waals surface area contributed by atoms with E-state index in [0.29, 0.717) is 15.7 Å². The number of anilines is 1. The van der Waals surface area contributed by atoms with Gasteiger partial charge in [-0.15, -0.1) is 0 Å². The molecule has 13 heteroatoms. The molecule has 0 fully saturated rings. The van der Waals surface area contributed by atoms with Crippen LogP contribution in [0.1, 0.15) is 37.6 Å². The Bertz CT molecular complexity index is 1530. The molecule has 2 amide bonds. The Morgan fingerprint density at radius 1 is 1.15 bits per heavy atom. The molecule has 0 spiro atoms. The number of nitro benzene ring substituents is 1. The van der Waals surface area contributed by atoms with Gasteiger partial charge < -0.3 is 27.2 Å². The van der Waals surface area contributed by atoms with E-state index in [1.807, 2.05) is 67.0 Å². The van der Waals surface area contributed by atoms with E-state index in [1.165, 1.54) is 18.2 Å². The van der Waals surface area contributed by atoms with E-state index in [4.69, 9.17) is 0 Å². The van der Waals surface area contributed by atoms with E-state index < -0.39 is 22.3 Å². The minimum atomic E-state index is -0.632. The number of aryl methyl sites for hydroxylation is 1. The fraction of sp³-hybridized carbons (Fsp3) is 0.370. The Kier molecular flexibility index (Phi) is 9.90. The van der Waals surface area contributed by atoms with E-state index in [-0.39, 0.29) is 53.4 Å². The second kappa shape index (κ2) is 12.3. The molecule has 0 atom stereocenters. The number of fused-ring (bicyclic) bond motifs is 1. The molecule has 12 nitrogen and oxygen atoms in total. The molecule has 0 unspecified atom stereocenters. The molecule has 1 aromatic heterocycles. The summed E-state index contributed by atoms with van der Waals surface area (Å²) in [7, 11) is 5.52. The minimum absolute atomic E-state index is 0. The third-order valence-electron chi connectivity index (χ3n) is 5.81. The van der Waals surface area contributed by atoms with Gasteiger partial charge in [-0.3, -0.25) is 24.5 Å². The van der Waals surface area contributed by atoms with Crippen molar-refractivity contribution in [2.45, 2.75) is 39.5 Å². The molecule has 3 rings (SSSR count). The van der Waals surface area contributed by atoms with Gasteiger partial charge in [0.1, 0.15) is 11.4 Å². The van der Waals surface area contributed by atoms with Gasteiger partial charge in [-0.2, -0.15) is 5.10 Å². The third-order valence-corrected chi connectivity index (χ3v) is 5.81. The second-order valence-corrected chi connectivity index (χ2v) is 11.4. The Labute approximate surface area is 238 Å². The summed E-state index contributed by atoms with van der Waals surface area (Å²) in [4.78, 5) is 56.2. The van der Waals surface area contributed by atoms with Gasteiger partial charge in [0.2, 0.25) is 0 Å². The molecule has 0 saturated heterocycles. The van der Waals surface area contributed by atoms with Crippen molar-refractivity contribution in [3.63, 3.8) is 0 Å². The van der Waals surface area contributed by atoms with Crippen LogP contribution in [-0.2, 0) is 21.4 Å². The number of carbonyl (C=O) groups is 2. The summed E-state index contributed by atoms with van der Waals surface area (Å²) in [5.74, 6) is -1.02. The summed E-state index contributed by atoms with van der Waals surface area (Å²) < 4.78 is 0.346. The molecule has 2 aromatic carbocycles. The average molecular weight is 572 g/mol. The predicted octanol–water partition coefficient (Wildman–Crippen LogP) is -0.199. The van der Waals surface area contributed by atoms with Gasteiger partial charge in [0.15, 0.2) is 6.54 Å². The van der Waals surface area contributed by atoms with Crippen molar-refractivity contribution < 1.29 is 31.4 Å². The summed E-state index contributed by atoms with van der Waals surface area (Å²) in [6.07, 6.45) is -0.296. The first-order valence-corrected chi connectivity index (χ1v) is 12.3. The SMILES string of the molecule is Cc1cccc(C(C)(C)C)c1NC(=O)/C(Cc1nc2ccc([N+](=O)[O-])cc2[nH]c1=O)=N\NC(=O)C[N+](C)(C)C.[Cl-]. The van der Waals surface area contributed by atoms with Crippen molar-refractivity contribution in [3.05, 3.63) is 73.7 Å². The van der Waals surface area contributed by atoms with Crippen molar-refractivity contribution in [3.8, 4) is 0 Å². The molecule has 0 bridgehead atoms. The largest absolute Gasteiger partial charge is 1.00 e. The normalized spacial score (nSPS) is 12.0. The Balaban J connectivity index is 0.00000560. The number of hydrogen-bond acceptors (Lipinski definition) is 7. The number of nitro groups is 1. The molecule has 1 heterocycles. The fourth-order valence-corrected chi connectivity index (χ4v) is 3.92. The van der Waals surface area contributed by atoms with Crippen molar-refractivity contribution in [1.82, 2.24) is 15.4 Å². The lowest BCUT2D eigenvalue weighted by Crippen LogP contribution is -3.00. The van der Waals surface area contributed by atoms with Crippen LogP contribution < -0.4 is 28.7 Å². The molecule has 0 saturated carbocycles. The standard InChI is InChI=1S/C27H33N7O5.ClH/c1-16-9-8-10-18(27(2,3)4)24(16)30-26(37)22(31-32-23(35)15-34(5,6)7)14-21-25(36)29-20-13-17(33(38)39)11-12-19(20)28-21;/h8-13H,14-15H2,1-7H3,(H2-,29,30,32,35,36,37);1H. The number of nitrogens with zero attached hydrogens (tertiary/aromatic N) is 4. The van der Waals surface area contributed by atoms with E-state index in [0.717, 1.165) is 11.1 Å². The number of rotatable bonds is 8. The maximum Gasteiger partial charge on any atom is 0.295 e. The second-order valence-electron chi connectivity index (χ2n) is 11.4. The molecular weight excluding hydrogens is 538 g/mol. The first kappa shape index (κ1) is 32.1. The molecule has 40 heavy (non-hydrogen) atoms. The van der Waals surface area contributed by atoms with Crippen molar-refractivity contribution in [2.24, 2.45) is 5.10 Å². The zero-order valence-electron chi connectivity index (χ0n) is 23.6. The number of nitrogens with one attached hydrogen (secondary N) is 3. The summed E-state index contributed by atoms with van der Waals surface area (Å²) in [6, 6.07) is 9.61. The lowest BCUT2D eigenvalue weighted by molar-refractivity contribution is -0.862. The predicted molar refractivity (Wildman–Crippen MR) is 150 cm³/mol. The number of aromatic amines is 1. The number of hydrogen-bond donors (Lipinski definition) is 3. The number of para-hydroxylation sites is 1. The highest BCUT2D eigenvalue weighted by atomic mass is 35.5. The molecular formula is C27H34ClN7O5. The Morgan fingerprint density at radius 2 is 1.82 bits per heavy atom. The molecule has 0 aliphatic rings. The number of aromatic nitrogens is 2. The number of likely N-dealkylation sites (N-methyl/N-ethyl adjacent to an activating group) is 1. The van der Waals surface area contributed by atoms with E-state index in [2.05, 4.69) is 25.8 Å². The maximum atomic E-state index is 13.5. The molecule has 214 valence electrons. The molecule has 0 aliphatic carbocycles. The highest BCUT2D eigenvalue weighted by Gasteiger charge is 2.24. The first-order valence-electron chi connectivity index (χ1n) is 12.3. The number of hydrazone groups is 1. The molecule has 3 aromatic rings. The van der Waals surface area contributed by atoms with Crippen LogP contribution in [0.2, 0.25) is 0 Å². The monoisotopic (exact) mass is 571 g/mol. The zero-order valence-corrected chi connectivity index (χ0v) is 24.3. The summed E-state index contributed by atoms with van der Waals surface area (Å²) >= 11 is 0. The maximum absolute atomic E-state index is 13.5. The van der Waals surface area contributed by atoms with Gasteiger partial charge in [-0.1, -0.05) is 39.0 Å². The highest BCUT2D eigenvalue weighted by Crippen LogP contribution is 2.32. The van der Waals surface area contributed by atoms with Gasteiger partial charge in [0.05, 0.1) is 37.1 Å². The topological polar surface area (TPSA) is 159 Å². The smallest absolute Gasteiger partial charge is 0.295 e. The van der Waals surface area contributed by atoms with Crippen molar-refractivity contribution in [2.75, 3.05) is 33.0 Å². The minimum Gasteiger partial charge on any atom is -1.00 e. The van der Waals surface area contributed by atoms with E-state index >= 15 is 0 Å². The highest BCUT2D eigenvalue weighted by molar-refractivity contribution is 6.43. The number of amides is 2. The van der Waals surface area contributed by atoms with Crippen LogP contribution in [-0.4, -0.2) is 64.6 Å². The van der Waals surface area contributed by atoms with Crippen LogP contribution in [0.4, 0.5) is 11.4 Å². The quantitative estimate of drug-likeness (QED) is 0.147.